The molecule has 3 aromatic rings. The van der Waals surface area contributed by atoms with E-state index in [-0.39, 0.29) is 22.8 Å². The molecule has 0 atom stereocenters. The molecule has 0 bridgehead atoms. The molecular weight excluding hydrogens is 430 g/mol. The number of ether oxygens (including phenoxy) is 3. The normalized spacial score (nSPS) is 10.2. The van der Waals surface area contributed by atoms with Crippen LogP contribution in [-0.2, 0) is 14.3 Å². The number of nitrogens with one attached hydrogen (secondary N) is 1. The lowest BCUT2D eigenvalue weighted by atomic mass is 10.1. The highest BCUT2D eigenvalue weighted by molar-refractivity contribution is 8.00. The highest BCUT2D eigenvalue weighted by Crippen LogP contribution is 2.27. The van der Waals surface area contributed by atoms with Gasteiger partial charge in [-0.1, -0.05) is 24.3 Å². The largest absolute Gasteiger partial charge is 0.465 e. The molecule has 0 radical (unpaired) electrons. The van der Waals surface area contributed by atoms with E-state index in [2.05, 4.69) is 5.32 Å². The number of benzene rings is 3. The molecule has 0 aromatic heterocycles. The zero-order valence-corrected chi connectivity index (χ0v) is 18.3. The molecule has 1 amide bonds. The maximum Gasteiger partial charge on any atom is 0.338 e. The first-order chi connectivity index (χ1) is 15.5. The van der Waals surface area contributed by atoms with E-state index in [1.54, 1.807) is 30.3 Å². The summed E-state index contributed by atoms with van der Waals surface area (Å²) in [5.41, 5.74) is 0.670. The molecule has 0 aliphatic carbocycles. The van der Waals surface area contributed by atoms with Gasteiger partial charge in [-0.2, -0.15) is 0 Å². The molecule has 164 valence electrons. The number of methoxy groups -OCH3 is 2. The Bertz CT molecular complexity index is 1120. The average molecular weight is 452 g/mol. The zero-order chi connectivity index (χ0) is 22.9. The quantitative estimate of drug-likeness (QED) is 0.389. The van der Waals surface area contributed by atoms with Gasteiger partial charge in [-0.15, -0.1) is 11.8 Å². The Morgan fingerprint density at radius 2 is 1.47 bits per heavy atom. The van der Waals surface area contributed by atoms with Crippen LogP contribution in [-0.4, -0.2) is 37.8 Å². The number of thioether (sulfide) groups is 1. The van der Waals surface area contributed by atoms with Crippen LogP contribution in [0.2, 0.25) is 0 Å². The van der Waals surface area contributed by atoms with Crippen molar-refractivity contribution in [3.05, 3.63) is 83.9 Å². The van der Waals surface area contributed by atoms with Gasteiger partial charge in [0.05, 0.1) is 31.1 Å². The van der Waals surface area contributed by atoms with Gasteiger partial charge in [-0.25, -0.2) is 9.59 Å². The Kier molecular flexibility index (Phi) is 7.88. The molecule has 0 saturated carbocycles. The molecule has 1 N–H and O–H groups in total. The second-order valence-corrected chi connectivity index (χ2v) is 7.52. The van der Waals surface area contributed by atoms with Crippen LogP contribution in [0.3, 0.4) is 0 Å². The second-order valence-electron chi connectivity index (χ2n) is 6.47. The summed E-state index contributed by atoms with van der Waals surface area (Å²) in [7, 11) is 2.45. The number of carbonyl (C=O) groups is 3. The highest BCUT2D eigenvalue weighted by Gasteiger charge is 2.19. The van der Waals surface area contributed by atoms with Gasteiger partial charge >= 0.3 is 11.9 Å². The summed E-state index contributed by atoms with van der Waals surface area (Å²) < 4.78 is 15.3. The summed E-state index contributed by atoms with van der Waals surface area (Å²) in [4.78, 5) is 37.2. The van der Waals surface area contributed by atoms with Crippen molar-refractivity contribution in [2.24, 2.45) is 0 Å². The first-order valence-corrected chi connectivity index (χ1v) is 10.5. The summed E-state index contributed by atoms with van der Waals surface area (Å²) in [5, 5.41) is 2.83. The van der Waals surface area contributed by atoms with Gasteiger partial charge < -0.3 is 19.5 Å². The molecule has 3 rings (SSSR count). The Morgan fingerprint density at radius 1 is 0.781 bits per heavy atom. The second kappa shape index (κ2) is 11.0. The van der Waals surface area contributed by atoms with Crippen LogP contribution in [0.25, 0.3) is 0 Å². The van der Waals surface area contributed by atoms with Crippen molar-refractivity contribution in [3.8, 4) is 11.5 Å². The molecule has 7 nitrogen and oxygen atoms in total. The minimum atomic E-state index is -0.687. The first-order valence-electron chi connectivity index (χ1n) is 9.56. The molecule has 3 aromatic carbocycles. The molecular formula is C24H21NO6S. The topological polar surface area (TPSA) is 90.9 Å². The van der Waals surface area contributed by atoms with Crippen LogP contribution in [0.4, 0.5) is 5.69 Å². The van der Waals surface area contributed by atoms with Crippen LogP contribution in [0, 0.1) is 0 Å². The Balaban J connectivity index is 1.69. The lowest BCUT2D eigenvalue weighted by molar-refractivity contribution is -0.113. The fourth-order valence-corrected chi connectivity index (χ4v) is 3.51. The van der Waals surface area contributed by atoms with Crippen molar-refractivity contribution in [1.82, 2.24) is 0 Å². The number of hydrogen-bond acceptors (Lipinski definition) is 7. The maximum absolute atomic E-state index is 12.3. The van der Waals surface area contributed by atoms with Crippen molar-refractivity contribution >= 4 is 35.3 Å². The number of amides is 1. The van der Waals surface area contributed by atoms with Gasteiger partial charge in [-0.05, 0) is 42.5 Å². The van der Waals surface area contributed by atoms with E-state index in [9.17, 15) is 14.4 Å². The summed E-state index contributed by atoms with van der Waals surface area (Å²) in [6.07, 6.45) is 0. The fourth-order valence-electron chi connectivity index (χ4n) is 2.79. The molecule has 0 fully saturated rings. The minimum absolute atomic E-state index is 0.0271. The van der Waals surface area contributed by atoms with E-state index < -0.39 is 11.9 Å². The van der Waals surface area contributed by atoms with Gasteiger partial charge in [0, 0.05) is 16.6 Å². The molecule has 0 unspecified atom stereocenters. The van der Waals surface area contributed by atoms with E-state index >= 15 is 0 Å². The zero-order valence-electron chi connectivity index (χ0n) is 17.5. The fraction of sp³-hybridized carbons (Fsp3) is 0.125. The van der Waals surface area contributed by atoms with Crippen LogP contribution in [0.1, 0.15) is 20.7 Å². The van der Waals surface area contributed by atoms with Gasteiger partial charge in [0.1, 0.15) is 11.5 Å². The third-order valence-corrected chi connectivity index (χ3v) is 5.28. The predicted octanol–water partition coefficient (Wildman–Crippen LogP) is 4.78. The number of esters is 2. The maximum atomic E-state index is 12.3. The van der Waals surface area contributed by atoms with Gasteiger partial charge in [0.2, 0.25) is 5.91 Å². The van der Waals surface area contributed by atoms with Crippen LogP contribution < -0.4 is 10.1 Å². The lowest BCUT2D eigenvalue weighted by Gasteiger charge is -2.11. The van der Waals surface area contributed by atoms with Gasteiger partial charge in [0.25, 0.3) is 0 Å². The van der Waals surface area contributed by atoms with Crippen LogP contribution in [0.15, 0.2) is 77.7 Å². The van der Waals surface area contributed by atoms with Gasteiger partial charge in [-0.3, -0.25) is 4.79 Å². The van der Waals surface area contributed by atoms with Crippen molar-refractivity contribution < 1.29 is 28.6 Å². The summed E-state index contributed by atoms with van der Waals surface area (Å²) in [6, 6.07) is 20.9. The molecule has 0 aliphatic rings. The van der Waals surface area contributed by atoms with Crippen LogP contribution in [0.5, 0.6) is 11.5 Å². The molecule has 0 spiro atoms. The highest BCUT2D eigenvalue weighted by atomic mass is 32.2. The summed E-state index contributed by atoms with van der Waals surface area (Å²) >= 11 is 1.44. The van der Waals surface area contributed by atoms with Crippen LogP contribution >= 0.6 is 11.8 Å². The molecule has 0 aliphatic heterocycles. The SMILES string of the molecule is COC(=O)c1ccc(Oc2cccc(NC(=O)CSc3ccccc3)c2)cc1C(=O)OC. The molecule has 32 heavy (non-hydrogen) atoms. The first kappa shape index (κ1) is 22.9. The molecule has 0 saturated heterocycles. The summed E-state index contributed by atoms with van der Waals surface area (Å²) in [6.45, 7) is 0. The van der Waals surface area contributed by atoms with E-state index in [4.69, 9.17) is 14.2 Å². The Morgan fingerprint density at radius 3 is 2.19 bits per heavy atom. The number of anilines is 1. The van der Waals surface area contributed by atoms with Crippen molar-refractivity contribution in [2.75, 3.05) is 25.3 Å². The van der Waals surface area contributed by atoms with Crippen molar-refractivity contribution in [1.29, 1.82) is 0 Å². The Labute approximate surface area is 189 Å². The Hall–Kier alpha value is -3.78. The van der Waals surface area contributed by atoms with E-state index in [1.807, 2.05) is 30.3 Å². The standard InChI is InChI=1S/C24H21NO6S/c1-29-23(27)20-12-11-18(14-21(20)24(28)30-2)31-17-8-6-7-16(13-17)25-22(26)15-32-19-9-4-3-5-10-19/h3-14H,15H2,1-2H3,(H,25,26). The number of rotatable bonds is 8. The van der Waals surface area contributed by atoms with Crippen molar-refractivity contribution in [3.63, 3.8) is 0 Å². The molecule has 8 heteroatoms. The third-order valence-electron chi connectivity index (χ3n) is 4.27. The van der Waals surface area contributed by atoms with E-state index in [0.29, 0.717) is 17.2 Å². The smallest absolute Gasteiger partial charge is 0.338 e. The third kappa shape index (κ3) is 6.12. The van der Waals surface area contributed by atoms with Crippen molar-refractivity contribution in [2.45, 2.75) is 4.90 Å². The monoisotopic (exact) mass is 451 g/mol. The molecule has 0 heterocycles. The van der Waals surface area contributed by atoms with E-state index in [0.717, 1.165) is 4.90 Å². The number of carbonyl (C=O) groups excluding carboxylic acids is 3. The predicted molar refractivity (Wildman–Crippen MR) is 121 cm³/mol. The number of hydrogen-bond donors (Lipinski definition) is 1. The average Bonchev–Trinajstić information content (AvgIpc) is 2.82. The summed E-state index contributed by atoms with van der Waals surface area (Å²) in [5.74, 6) is -0.456. The lowest BCUT2D eigenvalue weighted by Crippen LogP contribution is -2.13. The minimum Gasteiger partial charge on any atom is -0.465 e. The van der Waals surface area contributed by atoms with Gasteiger partial charge in [0.15, 0.2) is 0 Å². The van der Waals surface area contributed by atoms with E-state index in [1.165, 1.54) is 38.1 Å².